The van der Waals surface area contributed by atoms with Crippen LogP contribution in [0.3, 0.4) is 0 Å². The Morgan fingerprint density at radius 3 is 2.29 bits per heavy atom. The van der Waals surface area contributed by atoms with Crippen LogP contribution in [0.2, 0.25) is 0 Å². The van der Waals surface area contributed by atoms with Gasteiger partial charge in [0, 0.05) is 24.5 Å². The highest BCUT2D eigenvalue weighted by Crippen LogP contribution is 2.22. The standard InChI is InChI=1S/C17H34N2OS/c1-14(11-18-15-5-3-2-4-6-15)12-20-17-9-7-16(8-10-17)19-13-21/h14-19,21H,2-13H2,1H3/t14?,16-,17+. The number of rotatable bonds is 8. The van der Waals surface area contributed by atoms with E-state index in [0.717, 1.165) is 25.1 Å². The minimum Gasteiger partial charge on any atom is -0.378 e. The van der Waals surface area contributed by atoms with Crippen molar-refractivity contribution in [3.63, 3.8) is 0 Å². The summed E-state index contributed by atoms with van der Waals surface area (Å²) in [5.41, 5.74) is 0. The zero-order valence-corrected chi connectivity index (χ0v) is 14.5. The Labute approximate surface area is 136 Å². The Balaban J connectivity index is 1.51. The fourth-order valence-electron chi connectivity index (χ4n) is 3.60. The molecule has 2 aliphatic carbocycles. The zero-order chi connectivity index (χ0) is 14.9. The van der Waals surface area contributed by atoms with Crippen LogP contribution in [0.5, 0.6) is 0 Å². The monoisotopic (exact) mass is 314 g/mol. The van der Waals surface area contributed by atoms with Crippen LogP contribution in [0.25, 0.3) is 0 Å². The lowest BCUT2D eigenvalue weighted by molar-refractivity contribution is 0.00580. The molecule has 2 fully saturated rings. The molecule has 21 heavy (non-hydrogen) atoms. The first kappa shape index (κ1) is 17.6. The molecule has 3 nitrogen and oxygen atoms in total. The number of ether oxygens (including phenoxy) is 1. The van der Waals surface area contributed by atoms with Crippen LogP contribution < -0.4 is 10.6 Å². The van der Waals surface area contributed by atoms with E-state index in [-0.39, 0.29) is 0 Å². The predicted molar refractivity (Wildman–Crippen MR) is 93.0 cm³/mol. The van der Waals surface area contributed by atoms with E-state index in [0.29, 0.717) is 18.1 Å². The first-order valence-electron chi connectivity index (χ1n) is 8.97. The van der Waals surface area contributed by atoms with E-state index in [1.165, 1.54) is 57.8 Å². The van der Waals surface area contributed by atoms with Gasteiger partial charge in [-0.2, -0.15) is 12.6 Å². The number of hydrogen-bond donors (Lipinski definition) is 3. The van der Waals surface area contributed by atoms with E-state index in [2.05, 4.69) is 30.2 Å². The van der Waals surface area contributed by atoms with Crippen LogP contribution in [0, 0.1) is 5.92 Å². The van der Waals surface area contributed by atoms with Crippen LogP contribution in [0.4, 0.5) is 0 Å². The highest BCUT2D eigenvalue weighted by molar-refractivity contribution is 7.80. The third kappa shape index (κ3) is 6.89. The molecule has 1 atom stereocenters. The summed E-state index contributed by atoms with van der Waals surface area (Å²) < 4.78 is 6.12. The SMILES string of the molecule is CC(CNC1CCCCC1)CO[C@H]1CC[C@@H](NCS)CC1. The fourth-order valence-corrected chi connectivity index (χ4v) is 3.85. The minimum absolute atomic E-state index is 0.486. The van der Waals surface area contributed by atoms with Gasteiger partial charge in [0.05, 0.1) is 12.7 Å². The highest BCUT2D eigenvalue weighted by Gasteiger charge is 2.21. The molecule has 0 heterocycles. The lowest BCUT2D eigenvalue weighted by atomic mass is 9.93. The molecule has 0 amide bonds. The molecule has 0 aliphatic heterocycles. The van der Waals surface area contributed by atoms with Gasteiger partial charge >= 0.3 is 0 Å². The molecular formula is C17H34N2OS. The van der Waals surface area contributed by atoms with Gasteiger partial charge in [-0.25, -0.2) is 0 Å². The molecule has 2 aliphatic rings. The Hall–Kier alpha value is 0.230. The minimum atomic E-state index is 0.486. The second-order valence-electron chi connectivity index (χ2n) is 7.02. The Kier molecular flexibility index (Phi) is 8.45. The summed E-state index contributed by atoms with van der Waals surface area (Å²) >= 11 is 4.24. The van der Waals surface area contributed by atoms with Crippen LogP contribution in [-0.2, 0) is 4.74 Å². The van der Waals surface area contributed by atoms with Gasteiger partial charge in [-0.1, -0.05) is 26.2 Å². The van der Waals surface area contributed by atoms with Gasteiger partial charge in [0.1, 0.15) is 0 Å². The quantitative estimate of drug-likeness (QED) is 0.475. The summed E-state index contributed by atoms with van der Waals surface area (Å²) in [6.07, 6.45) is 12.4. The summed E-state index contributed by atoms with van der Waals surface area (Å²) in [6.45, 7) is 4.33. The van der Waals surface area contributed by atoms with Crippen LogP contribution in [0.1, 0.15) is 64.7 Å². The van der Waals surface area contributed by atoms with Crippen LogP contribution in [0.15, 0.2) is 0 Å². The Bertz CT molecular complexity index is 264. The average molecular weight is 315 g/mol. The topological polar surface area (TPSA) is 33.3 Å². The van der Waals surface area contributed by atoms with Crippen molar-refractivity contribution in [1.82, 2.24) is 10.6 Å². The van der Waals surface area contributed by atoms with Crippen molar-refractivity contribution in [2.24, 2.45) is 5.92 Å². The maximum atomic E-state index is 6.12. The third-order valence-corrected chi connectivity index (χ3v) is 5.21. The number of hydrogen-bond acceptors (Lipinski definition) is 4. The van der Waals surface area contributed by atoms with Crippen LogP contribution >= 0.6 is 12.6 Å². The van der Waals surface area contributed by atoms with Gasteiger partial charge in [0.15, 0.2) is 0 Å². The van der Waals surface area contributed by atoms with Crippen molar-refractivity contribution in [3.05, 3.63) is 0 Å². The van der Waals surface area contributed by atoms with Crippen LogP contribution in [-0.4, -0.2) is 37.2 Å². The smallest absolute Gasteiger partial charge is 0.0576 e. The van der Waals surface area contributed by atoms with Gasteiger partial charge in [0.25, 0.3) is 0 Å². The second-order valence-corrected chi connectivity index (χ2v) is 7.33. The largest absolute Gasteiger partial charge is 0.378 e. The lowest BCUT2D eigenvalue weighted by Crippen LogP contribution is -2.37. The molecule has 2 N–H and O–H groups in total. The number of thiol groups is 1. The molecule has 1 unspecified atom stereocenters. The molecule has 0 aromatic carbocycles. The average Bonchev–Trinajstić information content (AvgIpc) is 2.53. The van der Waals surface area contributed by atoms with Gasteiger partial charge < -0.3 is 15.4 Å². The van der Waals surface area contributed by atoms with Gasteiger partial charge in [-0.3, -0.25) is 0 Å². The van der Waals surface area contributed by atoms with Gasteiger partial charge in [-0.15, -0.1) is 0 Å². The maximum Gasteiger partial charge on any atom is 0.0576 e. The first-order valence-corrected chi connectivity index (χ1v) is 9.60. The lowest BCUT2D eigenvalue weighted by Gasteiger charge is -2.30. The van der Waals surface area contributed by atoms with Crippen molar-refractivity contribution in [3.8, 4) is 0 Å². The van der Waals surface area contributed by atoms with Crippen molar-refractivity contribution < 1.29 is 4.74 Å². The molecule has 0 aromatic heterocycles. The summed E-state index contributed by atoms with van der Waals surface area (Å²) in [5.74, 6) is 1.42. The third-order valence-electron chi connectivity index (χ3n) is 5.03. The molecule has 124 valence electrons. The van der Waals surface area contributed by atoms with E-state index >= 15 is 0 Å². The van der Waals surface area contributed by atoms with E-state index in [4.69, 9.17) is 4.74 Å². The molecule has 2 rings (SSSR count). The van der Waals surface area contributed by atoms with Gasteiger partial charge in [0.2, 0.25) is 0 Å². The molecule has 0 aromatic rings. The fraction of sp³-hybridized carbons (Fsp3) is 1.00. The molecule has 2 saturated carbocycles. The molecule has 4 heteroatoms. The normalized spacial score (nSPS) is 29.4. The van der Waals surface area contributed by atoms with E-state index in [9.17, 15) is 0 Å². The van der Waals surface area contributed by atoms with Crippen molar-refractivity contribution >= 4 is 12.6 Å². The first-order chi connectivity index (χ1) is 10.3. The van der Waals surface area contributed by atoms with E-state index in [1.807, 2.05) is 0 Å². The summed E-state index contributed by atoms with van der Waals surface area (Å²) in [7, 11) is 0. The zero-order valence-electron chi connectivity index (χ0n) is 13.7. The summed E-state index contributed by atoms with van der Waals surface area (Å²) in [4.78, 5) is 0. The highest BCUT2D eigenvalue weighted by atomic mass is 32.1. The van der Waals surface area contributed by atoms with Crippen molar-refractivity contribution in [2.45, 2.75) is 82.9 Å². The second kappa shape index (κ2) is 10.1. The van der Waals surface area contributed by atoms with Crippen molar-refractivity contribution in [1.29, 1.82) is 0 Å². The van der Waals surface area contributed by atoms with E-state index < -0.39 is 0 Å². The molecule has 0 bridgehead atoms. The predicted octanol–water partition coefficient (Wildman–Crippen LogP) is 3.35. The van der Waals surface area contributed by atoms with Gasteiger partial charge in [-0.05, 0) is 44.4 Å². The summed E-state index contributed by atoms with van der Waals surface area (Å²) in [5, 5.41) is 7.16. The summed E-state index contributed by atoms with van der Waals surface area (Å²) in [6, 6.07) is 1.43. The Morgan fingerprint density at radius 2 is 1.62 bits per heavy atom. The van der Waals surface area contributed by atoms with Crippen molar-refractivity contribution in [2.75, 3.05) is 19.0 Å². The maximum absolute atomic E-state index is 6.12. The number of nitrogens with one attached hydrogen (secondary N) is 2. The molecule has 0 radical (unpaired) electrons. The molecular weight excluding hydrogens is 280 g/mol. The van der Waals surface area contributed by atoms with E-state index in [1.54, 1.807) is 0 Å². The molecule has 0 saturated heterocycles. The Morgan fingerprint density at radius 1 is 0.952 bits per heavy atom. The molecule has 0 spiro atoms.